The van der Waals surface area contributed by atoms with Crippen LogP contribution in [0.15, 0.2) is 66.7 Å². The van der Waals surface area contributed by atoms with E-state index in [-0.39, 0.29) is 23.7 Å². The van der Waals surface area contributed by atoms with Crippen LogP contribution in [0.4, 0.5) is 0 Å². The third kappa shape index (κ3) is 7.56. The third-order valence-electron chi connectivity index (χ3n) is 5.44. The zero-order valence-electron chi connectivity index (χ0n) is 19.1. The molecule has 0 bridgehead atoms. The van der Waals surface area contributed by atoms with Crippen molar-refractivity contribution in [3.05, 3.63) is 77.9 Å². The van der Waals surface area contributed by atoms with Gasteiger partial charge < -0.3 is 19.7 Å². The number of ether oxygens (including phenoxy) is 2. The number of hydrogen-bond donors (Lipinski definition) is 2. The average Bonchev–Trinajstić information content (AvgIpc) is 2.87. The quantitative estimate of drug-likeness (QED) is 0.190. The first-order valence-electron chi connectivity index (χ1n) is 11.5. The number of nitriles is 1. The van der Waals surface area contributed by atoms with E-state index in [4.69, 9.17) is 14.7 Å². The molecule has 0 aliphatic carbocycles. The molecule has 3 aromatic rings. The number of esters is 1. The molecule has 0 saturated carbocycles. The van der Waals surface area contributed by atoms with E-state index in [0.717, 1.165) is 55.4 Å². The van der Waals surface area contributed by atoms with Crippen molar-refractivity contribution in [3.8, 4) is 34.4 Å². The van der Waals surface area contributed by atoms with Gasteiger partial charge in [-0.25, -0.2) is 4.79 Å². The Hall–Kier alpha value is -3.98. The molecular formula is C28H29NO5. The van der Waals surface area contributed by atoms with E-state index >= 15 is 0 Å². The minimum Gasteiger partial charge on any atom is -0.508 e. The number of rotatable bonds is 12. The first kappa shape index (κ1) is 24.7. The van der Waals surface area contributed by atoms with E-state index < -0.39 is 5.97 Å². The topological polar surface area (TPSA) is 99.8 Å². The molecule has 0 aliphatic heterocycles. The summed E-state index contributed by atoms with van der Waals surface area (Å²) in [6, 6.07) is 21.4. The van der Waals surface area contributed by atoms with Gasteiger partial charge in [0.1, 0.15) is 22.8 Å². The summed E-state index contributed by atoms with van der Waals surface area (Å²) in [5.74, 6) is -0.0754. The first-order chi connectivity index (χ1) is 16.6. The zero-order valence-corrected chi connectivity index (χ0v) is 19.1. The minimum absolute atomic E-state index is 0.0242. The number of benzene rings is 3. The molecule has 0 heterocycles. The van der Waals surface area contributed by atoms with Gasteiger partial charge in [0.15, 0.2) is 0 Å². The van der Waals surface area contributed by atoms with Gasteiger partial charge in [0, 0.05) is 0 Å². The lowest BCUT2D eigenvalue weighted by Crippen LogP contribution is -2.06. The molecule has 0 fully saturated rings. The van der Waals surface area contributed by atoms with Crippen molar-refractivity contribution in [1.29, 1.82) is 5.26 Å². The van der Waals surface area contributed by atoms with Gasteiger partial charge in [-0.2, -0.15) is 5.26 Å². The molecule has 3 rings (SSSR count). The molecule has 0 saturated heterocycles. The highest BCUT2D eigenvalue weighted by Crippen LogP contribution is 2.24. The van der Waals surface area contributed by atoms with Gasteiger partial charge in [-0.15, -0.1) is 0 Å². The highest BCUT2D eigenvalue weighted by molar-refractivity contribution is 5.92. The Morgan fingerprint density at radius 3 is 2.00 bits per heavy atom. The highest BCUT2D eigenvalue weighted by atomic mass is 16.5. The van der Waals surface area contributed by atoms with E-state index in [9.17, 15) is 15.0 Å². The van der Waals surface area contributed by atoms with Gasteiger partial charge in [0.25, 0.3) is 0 Å². The third-order valence-corrected chi connectivity index (χ3v) is 5.44. The van der Waals surface area contributed by atoms with Crippen molar-refractivity contribution >= 4 is 5.97 Å². The van der Waals surface area contributed by atoms with Crippen molar-refractivity contribution in [2.45, 2.75) is 38.5 Å². The van der Waals surface area contributed by atoms with Crippen LogP contribution in [0.25, 0.3) is 11.1 Å². The number of hydrogen-bond acceptors (Lipinski definition) is 6. The van der Waals surface area contributed by atoms with Crippen molar-refractivity contribution < 1.29 is 24.5 Å². The smallest absolute Gasteiger partial charge is 0.342 e. The van der Waals surface area contributed by atoms with Crippen molar-refractivity contribution in [2.24, 2.45) is 0 Å². The van der Waals surface area contributed by atoms with Crippen LogP contribution >= 0.6 is 0 Å². The second-order valence-electron chi connectivity index (χ2n) is 8.02. The zero-order chi connectivity index (χ0) is 24.2. The van der Waals surface area contributed by atoms with Crippen LogP contribution in [0, 0.1) is 11.3 Å². The molecule has 6 heteroatoms. The Morgan fingerprint density at radius 2 is 1.35 bits per heavy atom. The van der Waals surface area contributed by atoms with Crippen molar-refractivity contribution in [2.75, 3.05) is 13.2 Å². The maximum atomic E-state index is 11.9. The largest absolute Gasteiger partial charge is 0.508 e. The van der Waals surface area contributed by atoms with Gasteiger partial charge in [-0.3, -0.25) is 0 Å². The Kier molecular flexibility index (Phi) is 9.36. The SMILES string of the molecule is N#Cc1ccc(-c2ccc(OCCCCCCCCOC(=O)c3cc(O)ccc3O)cc2)cc1. The van der Waals surface area contributed by atoms with Gasteiger partial charge in [-0.1, -0.05) is 49.9 Å². The molecule has 0 spiro atoms. The average molecular weight is 460 g/mol. The van der Waals surface area contributed by atoms with Gasteiger partial charge >= 0.3 is 5.97 Å². The molecule has 0 radical (unpaired) electrons. The second kappa shape index (κ2) is 12.9. The lowest BCUT2D eigenvalue weighted by atomic mass is 10.0. The van der Waals surface area contributed by atoms with Crippen molar-refractivity contribution in [3.63, 3.8) is 0 Å². The standard InChI is InChI=1S/C28H29NO5/c29-20-21-7-9-22(10-8-21)23-11-14-25(15-12-23)33-17-5-3-1-2-4-6-18-34-28(32)26-19-24(30)13-16-27(26)31/h7-16,19,30-31H,1-6,17-18H2. The van der Waals surface area contributed by atoms with Gasteiger partial charge in [0.2, 0.25) is 0 Å². The summed E-state index contributed by atoms with van der Waals surface area (Å²) < 4.78 is 11.0. The number of carbonyl (C=O) groups is 1. The fraction of sp³-hybridized carbons (Fsp3) is 0.286. The fourth-order valence-corrected chi connectivity index (χ4v) is 3.51. The number of carbonyl (C=O) groups excluding carboxylic acids is 1. The molecular weight excluding hydrogens is 430 g/mol. The molecule has 3 aromatic carbocycles. The Bertz CT molecular complexity index is 1100. The van der Waals surface area contributed by atoms with E-state index in [1.807, 2.05) is 48.5 Å². The maximum absolute atomic E-state index is 11.9. The molecule has 176 valence electrons. The van der Waals surface area contributed by atoms with E-state index in [0.29, 0.717) is 12.2 Å². The molecule has 2 N–H and O–H groups in total. The van der Waals surface area contributed by atoms with Crippen LogP contribution in [0.1, 0.15) is 54.4 Å². The lowest BCUT2D eigenvalue weighted by Gasteiger charge is -2.08. The van der Waals surface area contributed by atoms with E-state index in [1.165, 1.54) is 18.2 Å². The Morgan fingerprint density at radius 1 is 0.765 bits per heavy atom. The highest BCUT2D eigenvalue weighted by Gasteiger charge is 2.13. The molecule has 0 aliphatic rings. The summed E-state index contributed by atoms with van der Waals surface area (Å²) >= 11 is 0. The van der Waals surface area contributed by atoms with Crippen LogP contribution in [-0.4, -0.2) is 29.4 Å². The number of aromatic hydroxyl groups is 2. The van der Waals surface area contributed by atoms with Crippen LogP contribution < -0.4 is 4.74 Å². The van der Waals surface area contributed by atoms with Crippen molar-refractivity contribution in [1.82, 2.24) is 0 Å². The summed E-state index contributed by atoms with van der Waals surface area (Å²) in [5, 5.41) is 28.0. The van der Waals surface area contributed by atoms with Gasteiger partial charge in [0.05, 0.1) is 24.8 Å². The predicted octanol–water partition coefficient (Wildman–Crippen LogP) is 6.21. The fourth-order valence-electron chi connectivity index (χ4n) is 3.51. The van der Waals surface area contributed by atoms with Crippen LogP contribution in [0.2, 0.25) is 0 Å². The monoisotopic (exact) mass is 459 g/mol. The summed E-state index contributed by atoms with van der Waals surface area (Å²) in [4.78, 5) is 11.9. The van der Waals surface area contributed by atoms with Crippen LogP contribution in [0.5, 0.6) is 17.2 Å². The van der Waals surface area contributed by atoms with E-state index in [2.05, 4.69) is 6.07 Å². The Balaban J connectivity index is 1.23. The first-order valence-corrected chi connectivity index (χ1v) is 11.5. The minimum atomic E-state index is -0.629. The normalized spacial score (nSPS) is 10.4. The molecule has 0 aromatic heterocycles. The predicted molar refractivity (Wildman–Crippen MR) is 130 cm³/mol. The Labute approximate surface area is 200 Å². The number of unbranched alkanes of at least 4 members (excludes halogenated alkanes) is 5. The van der Waals surface area contributed by atoms with Crippen LogP contribution in [0.3, 0.4) is 0 Å². The molecule has 0 atom stereocenters. The summed E-state index contributed by atoms with van der Waals surface area (Å²) in [6.07, 6.45) is 5.89. The maximum Gasteiger partial charge on any atom is 0.342 e. The number of phenolic OH excluding ortho intramolecular Hbond substituents is 2. The van der Waals surface area contributed by atoms with Crippen LogP contribution in [-0.2, 0) is 4.74 Å². The molecule has 0 unspecified atom stereocenters. The van der Waals surface area contributed by atoms with Gasteiger partial charge in [-0.05, 0) is 66.4 Å². The summed E-state index contributed by atoms with van der Waals surface area (Å²) in [6.45, 7) is 0.955. The summed E-state index contributed by atoms with van der Waals surface area (Å²) in [5.41, 5.74) is 2.78. The molecule has 6 nitrogen and oxygen atoms in total. The number of phenols is 2. The van der Waals surface area contributed by atoms with E-state index in [1.54, 1.807) is 0 Å². The lowest BCUT2D eigenvalue weighted by molar-refractivity contribution is 0.0494. The summed E-state index contributed by atoms with van der Waals surface area (Å²) in [7, 11) is 0. The second-order valence-corrected chi connectivity index (χ2v) is 8.02. The molecule has 34 heavy (non-hydrogen) atoms. The number of nitrogens with zero attached hydrogens (tertiary/aromatic N) is 1. The molecule has 0 amide bonds.